The second-order valence-corrected chi connectivity index (χ2v) is 7.99. The van der Waals surface area contributed by atoms with Gasteiger partial charge < -0.3 is 15.2 Å². The molecule has 0 aromatic carbocycles. The quantitative estimate of drug-likeness (QED) is 0.220. The van der Waals surface area contributed by atoms with Crippen molar-refractivity contribution in [1.82, 2.24) is 16.2 Å². The first-order chi connectivity index (χ1) is 12.6. The first-order valence-electron chi connectivity index (χ1n) is 10.3. The molecule has 0 unspecified atom stereocenters. The van der Waals surface area contributed by atoms with Crippen LogP contribution in [0.15, 0.2) is 0 Å². The number of rotatable bonds is 13. The number of aliphatic carboxylic acids is 1. The van der Waals surface area contributed by atoms with E-state index in [0.29, 0.717) is 35.6 Å². The highest BCUT2D eigenvalue weighted by atomic mass is 32.1. The van der Waals surface area contributed by atoms with E-state index in [4.69, 9.17) is 22.1 Å². The monoisotopic (exact) mass is 385 g/mol. The van der Waals surface area contributed by atoms with E-state index < -0.39 is 5.97 Å². The van der Waals surface area contributed by atoms with Gasteiger partial charge in [-0.15, -0.1) is 0 Å². The van der Waals surface area contributed by atoms with Crippen molar-refractivity contribution in [2.75, 3.05) is 13.1 Å². The Balaban J connectivity index is 1.63. The molecule has 26 heavy (non-hydrogen) atoms. The van der Waals surface area contributed by atoms with Crippen molar-refractivity contribution in [2.24, 2.45) is 11.8 Å². The summed E-state index contributed by atoms with van der Waals surface area (Å²) in [5, 5.41) is 12.6. The standard InChI is InChI=1S/C19H35N3O3S/c1-2-3-12-20-19(26)22-21-13-15-14(16-10-11-17(15)25-16)8-6-4-5-7-9-18(23)24/h14-17,21H,2-13H2,1H3,(H,23,24)(H2,20,22,26)/t14-,15-,16+,17-/m0/s1. The van der Waals surface area contributed by atoms with Crippen LogP contribution in [0.2, 0.25) is 0 Å². The molecule has 2 heterocycles. The minimum absolute atomic E-state index is 0.293. The number of nitrogens with one attached hydrogen (secondary N) is 3. The Bertz CT molecular complexity index is 450. The van der Waals surface area contributed by atoms with Crippen LogP contribution in [0.25, 0.3) is 0 Å². The third-order valence-electron chi connectivity index (χ3n) is 5.62. The Labute approximate surface area is 162 Å². The van der Waals surface area contributed by atoms with Gasteiger partial charge in [-0.3, -0.25) is 10.2 Å². The van der Waals surface area contributed by atoms with E-state index in [9.17, 15) is 4.79 Å². The summed E-state index contributed by atoms with van der Waals surface area (Å²) in [4.78, 5) is 10.5. The lowest BCUT2D eigenvalue weighted by Gasteiger charge is -2.28. The molecule has 0 aromatic heterocycles. The van der Waals surface area contributed by atoms with Gasteiger partial charge in [-0.05, 0) is 50.2 Å². The summed E-state index contributed by atoms with van der Waals surface area (Å²) in [5.41, 5.74) is 6.40. The van der Waals surface area contributed by atoms with Crippen LogP contribution in [0.1, 0.15) is 71.1 Å². The van der Waals surface area contributed by atoms with Crippen molar-refractivity contribution in [3.05, 3.63) is 0 Å². The van der Waals surface area contributed by atoms with Crippen LogP contribution >= 0.6 is 12.2 Å². The smallest absolute Gasteiger partial charge is 0.303 e. The van der Waals surface area contributed by atoms with E-state index in [0.717, 1.165) is 51.6 Å². The third kappa shape index (κ3) is 7.00. The molecule has 0 spiro atoms. The van der Waals surface area contributed by atoms with Crippen LogP contribution in [-0.4, -0.2) is 41.5 Å². The zero-order valence-corrected chi connectivity index (χ0v) is 16.8. The van der Waals surface area contributed by atoms with Gasteiger partial charge in [0.25, 0.3) is 0 Å². The lowest BCUT2D eigenvalue weighted by molar-refractivity contribution is -0.137. The number of hydrazine groups is 1. The normalized spacial score (nSPS) is 26.8. The number of ether oxygens (including phenoxy) is 1. The Kier molecular flexibility index (Phi) is 9.64. The van der Waals surface area contributed by atoms with Crippen molar-refractivity contribution in [2.45, 2.75) is 83.3 Å². The molecule has 2 aliphatic heterocycles. The average Bonchev–Trinajstić information content (AvgIpc) is 3.20. The van der Waals surface area contributed by atoms with Gasteiger partial charge >= 0.3 is 5.97 Å². The van der Waals surface area contributed by atoms with Gasteiger partial charge in [0.05, 0.1) is 12.2 Å². The molecule has 2 bridgehead atoms. The molecule has 0 saturated carbocycles. The van der Waals surface area contributed by atoms with E-state index in [1.807, 2.05) is 0 Å². The lowest BCUT2D eigenvalue weighted by atomic mass is 9.76. The first-order valence-corrected chi connectivity index (χ1v) is 10.7. The molecule has 4 N–H and O–H groups in total. The van der Waals surface area contributed by atoms with Crippen molar-refractivity contribution in [3.8, 4) is 0 Å². The highest BCUT2D eigenvalue weighted by molar-refractivity contribution is 7.80. The number of hydrogen-bond donors (Lipinski definition) is 4. The predicted octanol–water partition coefficient (Wildman–Crippen LogP) is 2.97. The van der Waals surface area contributed by atoms with Crippen molar-refractivity contribution in [1.29, 1.82) is 0 Å². The van der Waals surface area contributed by atoms with E-state index >= 15 is 0 Å². The largest absolute Gasteiger partial charge is 0.481 e. The number of unbranched alkanes of at least 4 members (excludes halogenated alkanes) is 4. The molecule has 0 aliphatic carbocycles. The van der Waals surface area contributed by atoms with Crippen molar-refractivity contribution < 1.29 is 14.6 Å². The molecule has 7 heteroatoms. The summed E-state index contributed by atoms with van der Waals surface area (Å²) in [6.07, 6.45) is 11.0. The van der Waals surface area contributed by atoms with Crippen LogP contribution < -0.4 is 16.2 Å². The number of thiocarbonyl (C=S) groups is 1. The molecule has 2 saturated heterocycles. The van der Waals surface area contributed by atoms with Gasteiger partial charge in [0.1, 0.15) is 0 Å². The molecule has 6 nitrogen and oxygen atoms in total. The van der Waals surface area contributed by atoms with Gasteiger partial charge in [0, 0.05) is 25.4 Å². The molecule has 0 aromatic rings. The maximum absolute atomic E-state index is 10.5. The highest BCUT2D eigenvalue weighted by Crippen LogP contribution is 2.45. The number of carboxylic acids is 1. The zero-order chi connectivity index (χ0) is 18.8. The molecule has 2 aliphatic rings. The highest BCUT2D eigenvalue weighted by Gasteiger charge is 2.47. The maximum atomic E-state index is 10.5. The molecular formula is C19H35N3O3S. The van der Waals surface area contributed by atoms with E-state index in [-0.39, 0.29) is 0 Å². The maximum Gasteiger partial charge on any atom is 0.303 e. The SMILES string of the molecule is CCCCNC(=S)NNC[C@H]1[C@H](CCCCCCC(=O)O)[C@H]2CC[C@@H]1O2. The molecule has 150 valence electrons. The minimum atomic E-state index is -0.688. The fourth-order valence-electron chi connectivity index (χ4n) is 4.24. The zero-order valence-electron chi connectivity index (χ0n) is 16.0. The molecule has 4 atom stereocenters. The van der Waals surface area contributed by atoms with E-state index in [1.165, 1.54) is 19.3 Å². The average molecular weight is 386 g/mol. The number of carboxylic acid groups (broad SMARTS) is 1. The van der Waals surface area contributed by atoms with Gasteiger partial charge in [-0.25, -0.2) is 5.43 Å². The van der Waals surface area contributed by atoms with Crippen LogP contribution in [0.3, 0.4) is 0 Å². The van der Waals surface area contributed by atoms with Crippen LogP contribution in [-0.2, 0) is 9.53 Å². The topological polar surface area (TPSA) is 82.6 Å². The summed E-state index contributed by atoms with van der Waals surface area (Å²) >= 11 is 5.27. The molecular weight excluding hydrogens is 350 g/mol. The van der Waals surface area contributed by atoms with E-state index in [1.54, 1.807) is 0 Å². The number of hydrogen-bond acceptors (Lipinski definition) is 4. The van der Waals surface area contributed by atoms with E-state index in [2.05, 4.69) is 23.1 Å². The summed E-state index contributed by atoms with van der Waals surface area (Å²) in [7, 11) is 0. The van der Waals surface area contributed by atoms with Crippen molar-refractivity contribution >= 4 is 23.3 Å². The lowest BCUT2D eigenvalue weighted by Crippen LogP contribution is -2.48. The predicted molar refractivity (Wildman–Crippen MR) is 107 cm³/mol. The van der Waals surface area contributed by atoms with Gasteiger partial charge in [0.2, 0.25) is 0 Å². The number of carbonyl (C=O) groups is 1. The Morgan fingerprint density at radius 1 is 1.12 bits per heavy atom. The molecule has 0 radical (unpaired) electrons. The van der Waals surface area contributed by atoms with Crippen LogP contribution in [0.5, 0.6) is 0 Å². The summed E-state index contributed by atoms with van der Waals surface area (Å²) in [5.74, 6) is 0.468. The van der Waals surface area contributed by atoms with Gasteiger partial charge in [-0.2, -0.15) is 0 Å². The minimum Gasteiger partial charge on any atom is -0.481 e. The Hall–Kier alpha value is -0.920. The fourth-order valence-corrected chi connectivity index (χ4v) is 4.41. The molecule has 0 amide bonds. The summed E-state index contributed by atoms with van der Waals surface area (Å²) in [6, 6.07) is 0. The van der Waals surface area contributed by atoms with Crippen molar-refractivity contribution in [3.63, 3.8) is 0 Å². The second-order valence-electron chi connectivity index (χ2n) is 7.58. The molecule has 2 fully saturated rings. The van der Waals surface area contributed by atoms with Gasteiger partial charge in [-0.1, -0.05) is 32.6 Å². The third-order valence-corrected chi connectivity index (χ3v) is 5.87. The summed E-state index contributed by atoms with van der Waals surface area (Å²) in [6.45, 7) is 3.95. The fraction of sp³-hybridized carbons (Fsp3) is 0.895. The van der Waals surface area contributed by atoms with Crippen LogP contribution in [0, 0.1) is 11.8 Å². The Morgan fingerprint density at radius 2 is 1.85 bits per heavy atom. The molecule has 2 rings (SSSR count). The van der Waals surface area contributed by atoms with Crippen LogP contribution in [0.4, 0.5) is 0 Å². The number of fused-ring (bicyclic) bond motifs is 2. The Morgan fingerprint density at radius 3 is 2.58 bits per heavy atom. The summed E-state index contributed by atoms with van der Waals surface area (Å²) < 4.78 is 6.15. The second kappa shape index (κ2) is 11.7. The first kappa shape index (κ1) is 21.4. The van der Waals surface area contributed by atoms with Gasteiger partial charge in [0.15, 0.2) is 5.11 Å².